The van der Waals surface area contributed by atoms with Crippen molar-refractivity contribution in [1.82, 2.24) is 10.4 Å². The number of rotatable bonds is 1. The normalized spacial score (nSPS) is 10.9. The molecule has 20 heavy (non-hydrogen) atoms. The third-order valence-electron chi connectivity index (χ3n) is 2.12. The highest BCUT2D eigenvalue weighted by molar-refractivity contribution is 5.94. The standard InChI is InChI=1S/C13H16F2N2O3/c1-13(2,3)20-12(19)17(4)16-11(18)8-5-6-9(14)10(15)7-8/h5-7H,1-4H3,(H,16,18). The second-order valence-corrected chi connectivity index (χ2v) is 5.11. The first-order valence-corrected chi connectivity index (χ1v) is 5.83. The number of hydrazine groups is 1. The van der Waals surface area contributed by atoms with E-state index in [1.807, 2.05) is 0 Å². The fourth-order valence-corrected chi connectivity index (χ4v) is 1.23. The molecule has 0 saturated carbocycles. The Bertz CT molecular complexity index is 527. The average Bonchev–Trinajstić information content (AvgIpc) is 2.30. The molecule has 0 aliphatic heterocycles. The summed E-state index contributed by atoms with van der Waals surface area (Å²) in [6.07, 6.45) is -0.770. The van der Waals surface area contributed by atoms with E-state index in [4.69, 9.17) is 4.74 Å². The Labute approximate surface area is 115 Å². The van der Waals surface area contributed by atoms with Crippen LogP contribution >= 0.6 is 0 Å². The molecule has 1 N–H and O–H groups in total. The van der Waals surface area contributed by atoms with Gasteiger partial charge in [-0.2, -0.15) is 0 Å². The second kappa shape index (κ2) is 5.85. The van der Waals surface area contributed by atoms with Crippen LogP contribution in [-0.2, 0) is 4.74 Å². The lowest BCUT2D eigenvalue weighted by Crippen LogP contribution is -2.45. The summed E-state index contributed by atoms with van der Waals surface area (Å²) in [5, 5.41) is 0.828. The lowest BCUT2D eigenvalue weighted by Gasteiger charge is -2.24. The number of ether oxygens (including phenoxy) is 1. The topological polar surface area (TPSA) is 58.6 Å². The molecule has 1 aromatic carbocycles. The number of carbonyl (C=O) groups is 2. The summed E-state index contributed by atoms with van der Waals surface area (Å²) in [5.74, 6) is -2.95. The van der Waals surface area contributed by atoms with E-state index in [0.717, 1.165) is 23.2 Å². The highest BCUT2D eigenvalue weighted by Gasteiger charge is 2.21. The molecule has 0 spiro atoms. The highest BCUT2D eigenvalue weighted by atomic mass is 19.2. The third-order valence-corrected chi connectivity index (χ3v) is 2.12. The molecule has 0 fully saturated rings. The van der Waals surface area contributed by atoms with Crippen molar-refractivity contribution in [1.29, 1.82) is 0 Å². The number of hydrogen-bond donors (Lipinski definition) is 1. The molecule has 0 aromatic heterocycles. The van der Waals surface area contributed by atoms with E-state index in [1.165, 1.54) is 7.05 Å². The molecule has 0 atom stereocenters. The molecule has 0 bridgehead atoms. The highest BCUT2D eigenvalue weighted by Crippen LogP contribution is 2.10. The predicted octanol–water partition coefficient (Wildman–Crippen LogP) is 2.48. The Morgan fingerprint density at radius 1 is 1.20 bits per heavy atom. The second-order valence-electron chi connectivity index (χ2n) is 5.11. The number of nitrogens with one attached hydrogen (secondary N) is 1. The minimum absolute atomic E-state index is 0.112. The number of halogens is 2. The maximum Gasteiger partial charge on any atom is 0.428 e. The van der Waals surface area contributed by atoms with Crippen molar-refractivity contribution in [3.05, 3.63) is 35.4 Å². The Hall–Kier alpha value is -2.18. The Kier molecular flexibility index (Phi) is 4.65. The van der Waals surface area contributed by atoms with Gasteiger partial charge in [0, 0.05) is 12.6 Å². The number of benzene rings is 1. The summed E-state index contributed by atoms with van der Waals surface area (Å²) in [6.45, 7) is 5.03. The number of amides is 2. The lowest BCUT2D eigenvalue weighted by molar-refractivity contribution is 0.0195. The summed E-state index contributed by atoms with van der Waals surface area (Å²) < 4.78 is 30.8. The monoisotopic (exact) mass is 286 g/mol. The molecule has 0 heterocycles. The Morgan fingerprint density at radius 3 is 2.30 bits per heavy atom. The van der Waals surface area contributed by atoms with Crippen LogP contribution in [0.15, 0.2) is 18.2 Å². The van der Waals surface area contributed by atoms with Gasteiger partial charge in [-0.3, -0.25) is 10.2 Å². The van der Waals surface area contributed by atoms with Crippen molar-refractivity contribution in [2.24, 2.45) is 0 Å². The molecular formula is C13H16F2N2O3. The first-order chi connectivity index (χ1) is 9.10. The molecule has 1 aromatic rings. The molecule has 0 aliphatic rings. The molecule has 110 valence electrons. The number of carbonyl (C=O) groups excluding carboxylic acids is 2. The van der Waals surface area contributed by atoms with Gasteiger partial charge in [0.05, 0.1) is 0 Å². The van der Waals surface area contributed by atoms with Gasteiger partial charge in [-0.1, -0.05) is 0 Å². The average molecular weight is 286 g/mol. The van der Waals surface area contributed by atoms with Gasteiger partial charge >= 0.3 is 6.09 Å². The van der Waals surface area contributed by atoms with E-state index in [2.05, 4.69) is 5.43 Å². The van der Waals surface area contributed by atoms with Crippen LogP contribution < -0.4 is 5.43 Å². The zero-order valence-electron chi connectivity index (χ0n) is 11.7. The largest absolute Gasteiger partial charge is 0.442 e. The molecule has 1 rings (SSSR count). The minimum Gasteiger partial charge on any atom is -0.442 e. The summed E-state index contributed by atoms with van der Waals surface area (Å²) in [5.41, 5.74) is 1.37. The lowest BCUT2D eigenvalue weighted by atomic mass is 10.2. The van der Waals surface area contributed by atoms with Crippen molar-refractivity contribution < 1.29 is 23.1 Å². The van der Waals surface area contributed by atoms with Gasteiger partial charge in [0.2, 0.25) is 0 Å². The molecule has 0 saturated heterocycles. The van der Waals surface area contributed by atoms with Gasteiger partial charge in [0.1, 0.15) is 5.60 Å². The van der Waals surface area contributed by atoms with Gasteiger partial charge < -0.3 is 4.74 Å². The summed E-state index contributed by atoms with van der Waals surface area (Å²) in [6, 6.07) is 2.68. The van der Waals surface area contributed by atoms with E-state index < -0.39 is 29.2 Å². The van der Waals surface area contributed by atoms with Crippen LogP contribution in [0.4, 0.5) is 13.6 Å². The van der Waals surface area contributed by atoms with E-state index in [9.17, 15) is 18.4 Å². The van der Waals surface area contributed by atoms with Crippen LogP contribution in [0.25, 0.3) is 0 Å². The maximum absolute atomic E-state index is 13.0. The van der Waals surface area contributed by atoms with Gasteiger partial charge in [-0.15, -0.1) is 0 Å². The van der Waals surface area contributed by atoms with Crippen LogP contribution in [0.2, 0.25) is 0 Å². The SMILES string of the molecule is CN(NC(=O)c1ccc(F)c(F)c1)C(=O)OC(C)(C)C. The summed E-state index contributed by atoms with van der Waals surface area (Å²) in [4.78, 5) is 23.3. The van der Waals surface area contributed by atoms with Crippen LogP contribution in [0.1, 0.15) is 31.1 Å². The Morgan fingerprint density at radius 2 is 1.80 bits per heavy atom. The van der Waals surface area contributed by atoms with Gasteiger partial charge in [0.15, 0.2) is 11.6 Å². The smallest absolute Gasteiger partial charge is 0.428 e. The van der Waals surface area contributed by atoms with E-state index in [1.54, 1.807) is 20.8 Å². The van der Waals surface area contributed by atoms with Crippen molar-refractivity contribution >= 4 is 12.0 Å². The molecule has 5 nitrogen and oxygen atoms in total. The van der Waals surface area contributed by atoms with Crippen LogP contribution in [-0.4, -0.2) is 29.7 Å². The summed E-state index contributed by atoms with van der Waals surface area (Å²) >= 11 is 0. The Balaban J connectivity index is 2.70. The molecule has 7 heteroatoms. The molecule has 0 unspecified atom stereocenters. The molecular weight excluding hydrogens is 270 g/mol. The first kappa shape index (κ1) is 15.9. The summed E-state index contributed by atoms with van der Waals surface area (Å²) in [7, 11) is 1.28. The van der Waals surface area contributed by atoms with Gasteiger partial charge in [-0.25, -0.2) is 18.6 Å². The molecule has 0 radical (unpaired) electrons. The van der Waals surface area contributed by atoms with Crippen LogP contribution in [0, 0.1) is 11.6 Å². The minimum atomic E-state index is -1.14. The fraction of sp³-hybridized carbons (Fsp3) is 0.385. The van der Waals surface area contributed by atoms with Crippen LogP contribution in [0.5, 0.6) is 0 Å². The van der Waals surface area contributed by atoms with Crippen molar-refractivity contribution in [2.45, 2.75) is 26.4 Å². The quantitative estimate of drug-likeness (QED) is 0.807. The van der Waals surface area contributed by atoms with E-state index in [0.29, 0.717) is 0 Å². The fourth-order valence-electron chi connectivity index (χ4n) is 1.23. The third kappa shape index (κ3) is 4.49. The number of hydrogen-bond acceptors (Lipinski definition) is 3. The van der Waals surface area contributed by atoms with Gasteiger partial charge in [0.25, 0.3) is 5.91 Å². The van der Waals surface area contributed by atoms with Crippen molar-refractivity contribution in [3.8, 4) is 0 Å². The maximum atomic E-state index is 13.0. The zero-order chi connectivity index (χ0) is 15.5. The first-order valence-electron chi connectivity index (χ1n) is 5.83. The van der Waals surface area contributed by atoms with Crippen molar-refractivity contribution in [3.63, 3.8) is 0 Å². The predicted molar refractivity (Wildman–Crippen MR) is 67.8 cm³/mol. The van der Waals surface area contributed by atoms with Gasteiger partial charge in [-0.05, 0) is 39.0 Å². The molecule has 0 aliphatic carbocycles. The molecule has 2 amide bonds. The number of nitrogens with zero attached hydrogens (tertiary/aromatic N) is 1. The zero-order valence-corrected chi connectivity index (χ0v) is 11.7. The van der Waals surface area contributed by atoms with Crippen LogP contribution in [0.3, 0.4) is 0 Å². The van der Waals surface area contributed by atoms with Crippen molar-refractivity contribution in [2.75, 3.05) is 7.05 Å². The van der Waals surface area contributed by atoms with E-state index in [-0.39, 0.29) is 5.56 Å². The van der Waals surface area contributed by atoms with E-state index >= 15 is 0 Å².